The normalized spacial score (nSPS) is 27.4. The molecule has 1 aliphatic carbocycles. The third kappa shape index (κ3) is 2.32. The molecule has 1 heterocycles. The van der Waals surface area contributed by atoms with Crippen LogP contribution in [0.5, 0.6) is 0 Å². The van der Waals surface area contributed by atoms with E-state index in [9.17, 15) is 4.79 Å². The molecule has 1 saturated carbocycles. The Balaban J connectivity index is 1.66. The van der Waals surface area contributed by atoms with Gasteiger partial charge in [-0.25, -0.2) is 0 Å². The molecule has 0 aromatic heterocycles. The lowest BCUT2D eigenvalue weighted by molar-refractivity contribution is -0.121. The van der Waals surface area contributed by atoms with Crippen LogP contribution in [0, 0.1) is 5.92 Å². The summed E-state index contributed by atoms with van der Waals surface area (Å²) in [5, 5.41) is 2.94. The molecule has 2 bridgehead atoms. The van der Waals surface area contributed by atoms with E-state index in [4.69, 9.17) is 5.73 Å². The monoisotopic (exact) mass is 259 g/mol. The third-order valence-corrected chi connectivity index (χ3v) is 4.55. The third-order valence-electron chi connectivity index (χ3n) is 4.55. The van der Waals surface area contributed by atoms with E-state index in [2.05, 4.69) is 10.2 Å². The number of carbonyl (C=O) groups is 1. The van der Waals surface area contributed by atoms with Crippen LogP contribution in [0.25, 0.3) is 0 Å². The van der Waals surface area contributed by atoms with Crippen molar-refractivity contribution in [2.45, 2.75) is 38.3 Å². The van der Waals surface area contributed by atoms with E-state index in [1.807, 2.05) is 25.1 Å². The number of nitrogen functional groups attached to an aromatic ring is 1. The Morgan fingerprint density at radius 2 is 2.21 bits per heavy atom. The molecule has 0 spiro atoms. The summed E-state index contributed by atoms with van der Waals surface area (Å²) in [5.41, 5.74) is 7.18. The zero-order valence-corrected chi connectivity index (χ0v) is 11.3. The maximum atomic E-state index is 12.3. The average molecular weight is 259 g/mol. The molecule has 1 saturated heterocycles. The van der Waals surface area contributed by atoms with E-state index in [-0.39, 0.29) is 11.9 Å². The summed E-state index contributed by atoms with van der Waals surface area (Å²) in [5.74, 6) is 0.854. The summed E-state index contributed by atoms with van der Waals surface area (Å²) < 4.78 is 0. The van der Waals surface area contributed by atoms with Crippen molar-refractivity contribution in [3.8, 4) is 0 Å². The molecule has 0 radical (unpaired) electrons. The first kappa shape index (κ1) is 12.5. The van der Waals surface area contributed by atoms with E-state index in [0.717, 1.165) is 12.5 Å². The highest BCUT2D eigenvalue weighted by molar-refractivity contribution is 5.97. The van der Waals surface area contributed by atoms with Crippen LogP contribution in [0.2, 0.25) is 0 Å². The summed E-state index contributed by atoms with van der Waals surface area (Å²) in [4.78, 5) is 14.7. The number of hydrogen-bond donors (Lipinski definition) is 2. The van der Waals surface area contributed by atoms with E-state index >= 15 is 0 Å². The zero-order chi connectivity index (χ0) is 13.4. The first-order valence-electron chi connectivity index (χ1n) is 7.06. The van der Waals surface area contributed by atoms with Crippen LogP contribution in [0.3, 0.4) is 0 Å². The molecular formula is C15H21N3O. The van der Waals surface area contributed by atoms with Gasteiger partial charge in [0.2, 0.25) is 5.91 Å². The Kier molecular flexibility index (Phi) is 3.19. The quantitative estimate of drug-likeness (QED) is 0.817. The second-order valence-electron chi connectivity index (χ2n) is 5.78. The lowest BCUT2D eigenvalue weighted by atomic mass is 10.1. The predicted molar refractivity (Wildman–Crippen MR) is 76.8 cm³/mol. The molecule has 1 aromatic carbocycles. The number of benzene rings is 1. The average Bonchev–Trinajstić information content (AvgIpc) is 3.03. The number of nitrogens with zero attached hydrogens (tertiary/aromatic N) is 1. The summed E-state index contributed by atoms with van der Waals surface area (Å²) in [6, 6.07) is 7.94. The molecule has 19 heavy (non-hydrogen) atoms. The van der Waals surface area contributed by atoms with E-state index in [1.54, 1.807) is 6.07 Å². The summed E-state index contributed by atoms with van der Waals surface area (Å²) >= 11 is 0. The van der Waals surface area contributed by atoms with Crippen molar-refractivity contribution in [1.82, 2.24) is 4.90 Å². The molecule has 3 unspecified atom stereocenters. The Morgan fingerprint density at radius 3 is 2.84 bits per heavy atom. The van der Waals surface area contributed by atoms with Gasteiger partial charge in [0, 0.05) is 12.6 Å². The van der Waals surface area contributed by atoms with Crippen LogP contribution >= 0.6 is 0 Å². The van der Waals surface area contributed by atoms with Gasteiger partial charge in [0.05, 0.1) is 17.4 Å². The van der Waals surface area contributed by atoms with Crippen molar-refractivity contribution >= 4 is 17.3 Å². The number of para-hydroxylation sites is 2. The molecule has 1 amide bonds. The minimum absolute atomic E-state index is 0.0467. The van der Waals surface area contributed by atoms with Gasteiger partial charge in [-0.1, -0.05) is 12.1 Å². The molecular weight excluding hydrogens is 238 g/mol. The zero-order valence-electron chi connectivity index (χ0n) is 11.3. The standard InChI is InChI=1S/C15H21N3O/c1-10(18-9-11-6-7-12(18)8-11)15(19)17-14-5-3-2-4-13(14)16/h2-5,10-12H,6-9,16H2,1H3,(H,17,19). The summed E-state index contributed by atoms with van der Waals surface area (Å²) in [7, 11) is 0. The minimum atomic E-state index is -0.0742. The molecule has 4 heteroatoms. The Labute approximate surface area is 114 Å². The topological polar surface area (TPSA) is 58.4 Å². The molecule has 3 N–H and O–H groups in total. The minimum Gasteiger partial charge on any atom is -0.397 e. The van der Waals surface area contributed by atoms with Crippen molar-refractivity contribution in [3.05, 3.63) is 24.3 Å². The van der Waals surface area contributed by atoms with Gasteiger partial charge >= 0.3 is 0 Å². The Morgan fingerprint density at radius 1 is 1.42 bits per heavy atom. The van der Waals surface area contributed by atoms with Crippen LogP contribution in [-0.2, 0) is 4.79 Å². The van der Waals surface area contributed by atoms with Gasteiger partial charge in [-0.05, 0) is 44.2 Å². The number of nitrogens with one attached hydrogen (secondary N) is 1. The molecule has 3 rings (SSSR count). The fourth-order valence-corrected chi connectivity index (χ4v) is 3.44. The molecule has 4 nitrogen and oxygen atoms in total. The van der Waals surface area contributed by atoms with Crippen molar-refractivity contribution in [2.24, 2.45) is 5.92 Å². The number of hydrogen-bond acceptors (Lipinski definition) is 3. The van der Waals surface area contributed by atoms with Crippen LogP contribution in [0.4, 0.5) is 11.4 Å². The molecule has 102 valence electrons. The Bertz CT molecular complexity index is 488. The first-order chi connectivity index (χ1) is 9.15. The summed E-state index contributed by atoms with van der Waals surface area (Å²) in [6.07, 6.45) is 3.85. The van der Waals surface area contributed by atoms with Crippen LogP contribution in [0.15, 0.2) is 24.3 Å². The second-order valence-corrected chi connectivity index (χ2v) is 5.78. The number of anilines is 2. The Hall–Kier alpha value is -1.55. The smallest absolute Gasteiger partial charge is 0.241 e. The molecule has 1 aliphatic heterocycles. The largest absolute Gasteiger partial charge is 0.397 e. The van der Waals surface area contributed by atoms with Crippen molar-refractivity contribution < 1.29 is 4.79 Å². The van der Waals surface area contributed by atoms with Gasteiger partial charge < -0.3 is 11.1 Å². The lowest BCUT2D eigenvalue weighted by Gasteiger charge is -2.31. The first-order valence-corrected chi connectivity index (χ1v) is 7.06. The SMILES string of the molecule is CC(C(=O)Nc1ccccc1N)N1CC2CCC1C2. The predicted octanol–water partition coefficient (Wildman–Crippen LogP) is 2.08. The number of fused-ring (bicyclic) bond motifs is 2. The summed E-state index contributed by atoms with van der Waals surface area (Å²) in [6.45, 7) is 3.07. The van der Waals surface area contributed by atoms with Gasteiger partial charge in [0.1, 0.15) is 0 Å². The van der Waals surface area contributed by atoms with Gasteiger partial charge in [-0.15, -0.1) is 0 Å². The fourth-order valence-electron chi connectivity index (χ4n) is 3.44. The van der Waals surface area contributed by atoms with Crippen molar-refractivity contribution in [3.63, 3.8) is 0 Å². The van der Waals surface area contributed by atoms with Gasteiger partial charge in [-0.2, -0.15) is 0 Å². The van der Waals surface area contributed by atoms with Crippen molar-refractivity contribution in [2.75, 3.05) is 17.6 Å². The fraction of sp³-hybridized carbons (Fsp3) is 0.533. The number of nitrogens with two attached hydrogens (primary N) is 1. The number of amides is 1. The van der Waals surface area contributed by atoms with Gasteiger partial charge in [-0.3, -0.25) is 9.69 Å². The maximum Gasteiger partial charge on any atom is 0.241 e. The van der Waals surface area contributed by atoms with Gasteiger partial charge in [0.15, 0.2) is 0 Å². The van der Waals surface area contributed by atoms with Crippen LogP contribution < -0.4 is 11.1 Å². The number of carbonyl (C=O) groups excluding carboxylic acids is 1. The van der Waals surface area contributed by atoms with E-state index in [1.165, 1.54) is 19.3 Å². The molecule has 2 fully saturated rings. The van der Waals surface area contributed by atoms with Gasteiger partial charge in [0.25, 0.3) is 0 Å². The number of piperidine rings is 1. The highest BCUT2D eigenvalue weighted by Crippen LogP contribution is 2.38. The van der Waals surface area contributed by atoms with E-state index < -0.39 is 0 Å². The molecule has 3 atom stereocenters. The lowest BCUT2D eigenvalue weighted by Crippen LogP contribution is -2.46. The number of likely N-dealkylation sites (tertiary alicyclic amines) is 1. The van der Waals surface area contributed by atoms with Crippen LogP contribution in [-0.4, -0.2) is 29.4 Å². The highest BCUT2D eigenvalue weighted by atomic mass is 16.2. The second kappa shape index (κ2) is 4.85. The molecule has 2 aliphatic rings. The van der Waals surface area contributed by atoms with Crippen LogP contribution in [0.1, 0.15) is 26.2 Å². The maximum absolute atomic E-state index is 12.3. The van der Waals surface area contributed by atoms with Crippen molar-refractivity contribution in [1.29, 1.82) is 0 Å². The highest BCUT2D eigenvalue weighted by Gasteiger charge is 2.41. The number of rotatable bonds is 3. The van der Waals surface area contributed by atoms with E-state index in [0.29, 0.717) is 17.4 Å². The molecule has 1 aromatic rings.